The minimum atomic E-state index is -1.18. The van der Waals surface area contributed by atoms with E-state index in [0.717, 1.165) is 5.56 Å². The highest BCUT2D eigenvalue weighted by molar-refractivity contribution is 5.98. The van der Waals surface area contributed by atoms with E-state index >= 15 is 0 Å². The molecule has 3 heterocycles. The molecular weight excluding hydrogens is 514 g/mol. The Bertz CT molecular complexity index is 1130. The summed E-state index contributed by atoms with van der Waals surface area (Å²) < 4.78 is 12.1. The van der Waals surface area contributed by atoms with Gasteiger partial charge in [-0.05, 0) is 31.7 Å². The van der Waals surface area contributed by atoms with Crippen LogP contribution < -0.4 is 5.32 Å². The Labute approximate surface area is 235 Å². The number of aliphatic hydroxyl groups is 1. The lowest BCUT2D eigenvalue weighted by Gasteiger charge is -2.36. The van der Waals surface area contributed by atoms with Crippen LogP contribution in [0.5, 0.6) is 0 Å². The number of rotatable bonds is 14. The minimum absolute atomic E-state index is 0.0519. The van der Waals surface area contributed by atoms with E-state index in [9.17, 15) is 24.3 Å². The molecule has 3 aliphatic rings. The average Bonchev–Trinajstić information content (AvgIpc) is 3.58. The summed E-state index contributed by atoms with van der Waals surface area (Å²) in [5.41, 5.74) is -0.260. The summed E-state index contributed by atoms with van der Waals surface area (Å²) in [7, 11) is 0. The number of carbonyl (C=O) groups excluding carboxylic acids is 4. The molecule has 1 spiro atoms. The van der Waals surface area contributed by atoms with E-state index in [1.54, 1.807) is 24.0 Å². The van der Waals surface area contributed by atoms with Crippen LogP contribution in [0.25, 0.3) is 0 Å². The lowest BCUT2D eigenvalue weighted by Crippen LogP contribution is -2.56. The van der Waals surface area contributed by atoms with Gasteiger partial charge in [0.2, 0.25) is 17.7 Å². The highest BCUT2D eigenvalue weighted by Crippen LogP contribution is 2.58. The number of benzene rings is 1. The van der Waals surface area contributed by atoms with E-state index < -0.39 is 41.7 Å². The first kappa shape index (κ1) is 29.5. The Morgan fingerprint density at radius 3 is 2.70 bits per heavy atom. The van der Waals surface area contributed by atoms with Gasteiger partial charge in [-0.3, -0.25) is 19.2 Å². The molecule has 1 aromatic carbocycles. The van der Waals surface area contributed by atoms with Gasteiger partial charge in [0.25, 0.3) is 0 Å². The van der Waals surface area contributed by atoms with Crippen LogP contribution in [0.2, 0.25) is 0 Å². The van der Waals surface area contributed by atoms with Crippen LogP contribution >= 0.6 is 0 Å². The molecule has 0 aromatic heterocycles. The number of amides is 3. The number of β-amino-alcohol motifs (C(OH)–C–C–N with tert-alkyl or cyclic N) is 1. The molecule has 216 valence electrons. The number of ether oxygens (including phenoxy) is 2. The SMILES string of the molecule is C=CCCC(=O)NC[C@H](C)OC(=O)[C@@H]1[C@@H]2CC[C@]3(O2)[C@H](C(=O)N(CC=C)Cc2ccccc2)N(CCO)C(=O)[C@@H]13. The first-order valence-electron chi connectivity index (χ1n) is 13.9. The standard InChI is InChI=1S/C30H39N3O7/c1-4-6-12-23(35)31-18-20(3)39-29(38)24-22-13-14-30(40-22)25(24)27(36)33(16-17-34)26(30)28(37)32(15-5-2)19-21-10-8-7-9-11-21/h4-5,7-11,20,22,24-26,34H,1-2,6,12-19H2,3H3,(H,31,35)/t20-,22-,24+,25+,26-,30+/m0/s1. The molecule has 3 fully saturated rings. The third-order valence-electron chi connectivity index (χ3n) is 8.00. The van der Waals surface area contributed by atoms with Gasteiger partial charge in [0.1, 0.15) is 17.7 Å². The second-order valence-electron chi connectivity index (χ2n) is 10.7. The summed E-state index contributed by atoms with van der Waals surface area (Å²) in [5.74, 6) is -3.21. The van der Waals surface area contributed by atoms with Gasteiger partial charge >= 0.3 is 5.97 Å². The number of likely N-dealkylation sites (tertiary alicyclic amines) is 1. The van der Waals surface area contributed by atoms with Crippen LogP contribution in [0, 0.1) is 11.8 Å². The van der Waals surface area contributed by atoms with Crippen LogP contribution in [0.1, 0.15) is 38.2 Å². The zero-order valence-electron chi connectivity index (χ0n) is 23.0. The molecule has 0 unspecified atom stereocenters. The van der Waals surface area contributed by atoms with Crippen molar-refractivity contribution >= 4 is 23.7 Å². The maximum atomic E-state index is 14.1. The largest absolute Gasteiger partial charge is 0.460 e. The van der Waals surface area contributed by atoms with Crippen molar-refractivity contribution in [2.45, 2.75) is 63.0 Å². The fourth-order valence-corrected chi connectivity index (χ4v) is 6.31. The van der Waals surface area contributed by atoms with Crippen LogP contribution in [-0.2, 0) is 35.2 Å². The molecule has 3 saturated heterocycles. The van der Waals surface area contributed by atoms with E-state index in [1.165, 1.54) is 4.90 Å². The van der Waals surface area contributed by atoms with Gasteiger partial charge in [-0.15, -0.1) is 13.2 Å². The molecule has 3 aliphatic heterocycles. The molecule has 3 amide bonds. The zero-order chi connectivity index (χ0) is 28.9. The Balaban J connectivity index is 1.54. The van der Waals surface area contributed by atoms with Crippen LogP contribution in [0.4, 0.5) is 0 Å². The third-order valence-corrected chi connectivity index (χ3v) is 8.00. The predicted octanol–water partition coefficient (Wildman–Crippen LogP) is 1.58. The first-order chi connectivity index (χ1) is 19.3. The Hall–Kier alpha value is -3.50. The van der Waals surface area contributed by atoms with E-state index in [0.29, 0.717) is 32.2 Å². The molecule has 1 aromatic rings. The number of esters is 1. The number of nitrogens with zero attached hydrogens (tertiary/aromatic N) is 2. The van der Waals surface area contributed by atoms with Gasteiger partial charge in [0.05, 0.1) is 31.1 Å². The van der Waals surface area contributed by atoms with E-state index in [1.807, 2.05) is 30.3 Å². The van der Waals surface area contributed by atoms with E-state index in [2.05, 4.69) is 18.5 Å². The molecule has 40 heavy (non-hydrogen) atoms. The zero-order valence-corrected chi connectivity index (χ0v) is 23.0. The molecule has 4 rings (SSSR count). The topological polar surface area (TPSA) is 125 Å². The summed E-state index contributed by atoms with van der Waals surface area (Å²) in [6.45, 7) is 9.40. The predicted molar refractivity (Wildman–Crippen MR) is 146 cm³/mol. The van der Waals surface area contributed by atoms with Crippen molar-refractivity contribution in [3.05, 3.63) is 61.2 Å². The highest BCUT2D eigenvalue weighted by atomic mass is 16.6. The number of hydrogen-bond acceptors (Lipinski definition) is 7. The third kappa shape index (κ3) is 5.69. The molecule has 6 atom stereocenters. The summed E-state index contributed by atoms with van der Waals surface area (Å²) in [6, 6.07) is 8.54. The second kappa shape index (κ2) is 12.8. The van der Waals surface area contributed by atoms with Crippen molar-refractivity contribution in [2.24, 2.45) is 11.8 Å². The number of hydrogen-bond donors (Lipinski definition) is 2. The normalized spacial score (nSPS) is 27.1. The summed E-state index contributed by atoms with van der Waals surface area (Å²) in [5, 5.41) is 12.5. The Morgan fingerprint density at radius 2 is 2.02 bits per heavy atom. The molecule has 10 heteroatoms. The Morgan fingerprint density at radius 1 is 1.27 bits per heavy atom. The quantitative estimate of drug-likeness (QED) is 0.265. The molecule has 0 saturated carbocycles. The maximum Gasteiger partial charge on any atom is 0.312 e. The number of aliphatic hydroxyl groups excluding tert-OH is 1. The lowest BCUT2D eigenvalue weighted by atomic mass is 9.70. The van der Waals surface area contributed by atoms with Crippen molar-refractivity contribution < 1.29 is 33.8 Å². The molecular formula is C30H39N3O7. The van der Waals surface area contributed by atoms with E-state index in [4.69, 9.17) is 9.47 Å². The number of fused-ring (bicyclic) bond motifs is 1. The highest BCUT2D eigenvalue weighted by Gasteiger charge is 2.75. The van der Waals surface area contributed by atoms with E-state index in [-0.39, 0.29) is 44.0 Å². The maximum absolute atomic E-state index is 14.1. The van der Waals surface area contributed by atoms with Crippen molar-refractivity contribution in [1.82, 2.24) is 15.1 Å². The van der Waals surface area contributed by atoms with Gasteiger partial charge in [-0.2, -0.15) is 0 Å². The number of carbonyl (C=O) groups is 4. The molecule has 0 radical (unpaired) electrons. The summed E-state index contributed by atoms with van der Waals surface area (Å²) in [4.78, 5) is 56.3. The van der Waals surface area contributed by atoms with Crippen molar-refractivity contribution in [1.29, 1.82) is 0 Å². The molecule has 0 aliphatic carbocycles. The van der Waals surface area contributed by atoms with Gasteiger partial charge in [0, 0.05) is 26.1 Å². The summed E-state index contributed by atoms with van der Waals surface area (Å²) >= 11 is 0. The molecule has 10 nitrogen and oxygen atoms in total. The lowest BCUT2D eigenvalue weighted by molar-refractivity contribution is -0.159. The monoisotopic (exact) mass is 553 g/mol. The van der Waals surface area contributed by atoms with Crippen molar-refractivity contribution in [3.8, 4) is 0 Å². The minimum Gasteiger partial charge on any atom is -0.460 e. The van der Waals surface area contributed by atoms with Crippen molar-refractivity contribution in [2.75, 3.05) is 26.2 Å². The van der Waals surface area contributed by atoms with Gasteiger partial charge in [0.15, 0.2) is 0 Å². The molecule has 2 N–H and O–H groups in total. The van der Waals surface area contributed by atoms with Gasteiger partial charge < -0.3 is 29.7 Å². The van der Waals surface area contributed by atoms with Gasteiger partial charge in [-0.1, -0.05) is 42.5 Å². The molecule has 2 bridgehead atoms. The smallest absolute Gasteiger partial charge is 0.312 e. The fraction of sp³-hybridized carbons (Fsp3) is 0.533. The van der Waals surface area contributed by atoms with Gasteiger partial charge in [-0.25, -0.2) is 0 Å². The number of nitrogens with one attached hydrogen (secondary N) is 1. The average molecular weight is 554 g/mol. The Kier molecular flexibility index (Phi) is 9.42. The summed E-state index contributed by atoms with van der Waals surface area (Å²) in [6.07, 6.45) is 3.91. The van der Waals surface area contributed by atoms with Crippen LogP contribution in [0.3, 0.4) is 0 Å². The van der Waals surface area contributed by atoms with Crippen LogP contribution in [0.15, 0.2) is 55.6 Å². The second-order valence-corrected chi connectivity index (χ2v) is 10.7. The first-order valence-corrected chi connectivity index (χ1v) is 13.9. The van der Waals surface area contributed by atoms with Crippen molar-refractivity contribution in [3.63, 3.8) is 0 Å². The fourth-order valence-electron chi connectivity index (χ4n) is 6.31. The van der Waals surface area contributed by atoms with Crippen LogP contribution in [-0.4, -0.2) is 88.7 Å². The number of allylic oxidation sites excluding steroid dienone is 1.